The number of hydrogen-bond acceptors (Lipinski definition) is 4. The van der Waals surface area contributed by atoms with Gasteiger partial charge in [-0.25, -0.2) is 4.39 Å². The van der Waals surface area contributed by atoms with Gasteiger partial charge >= 0.3 is 0 Å². The molecule has 1 saturated heterocycles. The molecule has 2 fully saturated rings. The van der Waals surface area contributed by atoms with Gasteiger partial charge in [-0.05, 0) is 66.8 Å². The van der Waals surface area contributed by atoms with Crippen molar-refractivity contribution in [3.8, 4) is 0 Å². The molecule has 1 unspecified atom stereocenters. The molecule has 0 bridgehead atoms. The highest BCUT2D eigenvalue weighted by Crippen LogP contribution is 2.60. The minimum atomic E-state index is -1.50. The number of aliphatic hydroxyl groups excluding tert-OH is 1. The maximum atomic E-state index is 16.0. The first-order chi connectivity index (χ1) is 19.3. The van der Waals surface area contributed by atoms with Crippen molar-refractivity contribution < 1.29 is 23.9 Å². The van der Waals surface area contributed by atoms with Crippen LogP contribution in [0.3, 0.4) is 0 Å². The zero-order valence-corrected chi connectivity index (χ0v) is 25.2. The first-order valence-corrected chi connectivity index (χ1v) is 14.8. The highest BCUT2D eigenvalue weighted by molar-refractivity contribution is 6.31. The van der Waals surface area contributed by atoms with Crippen LogP contribution in [0.5, 0.6) is 0 Å². The molecule has 1 aliphatic carbocycles. The first kappa shape index (κ1) is 29.8. The Hall–Kier alpha value is -2.68. The number of benzene rings is 2. The standard InChI is InChI=1S/C31H36Cl2FN3O4/c1-16(38)37-24(15-30(2,3)4)31(21-13-8-17(32)14-23(21)36-29(31)41)25(20-6-5-7-22(33)26(20)34)27(37)28(40)35-18-9-11-19(39)12-10-18/h5-8,13-14,18-19,24-25,27,39H,9-12,15H2,1-4H3,(H,35,40)(H,36,41)/t18?,19?,24-,25-,27+,31?/m0/s1. The maximum Gasteiger partial charge on any atom is 0.243 e. The molecule has 5 rings (SSSR count). The smallest absolute Gasteiger partial charge is 0.243 e. The van der Waals surface area contributed by atoms with Crippen LogP contribution < -0.4 is 10.6 Å². The van der Waals surface area contributed by atoms with Gasteiger partial charge in [0.05, 0.1) is 17.2 Å². The van der Waals surface area contributed by atoms with Gasteiger partial charge in [0.2, 0.25) is 17.7 Å². The average Bonchev–Trinajstić information content (AvgIpc) is 3.33. The van der Waals surface area contributed by atoms with Crippen molar-refractivity contribution in [1.82, 2.24) is 10.2 Å². The molecule has 7 nitrogen and oxygen atoms in total. The van der Waals surface area contributed by atoms with Gasteiger partial charge in [-0.1, -0.05) is 62.2 Å². The molecule has 10 heteroatoms. The largest absolute Gasteiger partial charge is 0.393 e. The zero-order chi connectivity index (χ0) is 29.9. The van der Waals surface area contributed by atoms with Crippen LogP contribution in [-0.2, 0) is 19.8 Å². The number of likely N-dealkylation sites (tertiary alicyclic amines) is 1. The van der Waals surface area contributed by atoms with Crippen LogP contribution in [0, 0.1) is 11.2 Å². The highest BCUT2D eigenvalue weighted by atomic mass is 35.5. The van der Waals surface area contributed by atoms with E-state index in [1.807, 2.05) is 20.8 Å². The van der Waals surface area contributed by atoms with E-state index in [4.69, 9.17) is 23.2 Å². The highest BCUT2D eigenvalue weighted by Gasteiger charge is 2.70. The molecule has 1 spiro atoms. The second kappa shape index (κ2) is 10.9. The SMILES string of the molecule is CC(=O)N1[C@@H](CC(C)(C)C)C2(C(=O)Nc3cc(Cl)ccc32)[C@@H](c2cccc(Cl)c2F)[C@@H]1C(=O)NC1CCC(O)CC1. The van der Waals surface area contributed by atoms with Crippen molar-refractivity contribution >= 4 is 46.6 Å². The van der Waals surface area contributed by atoms with Gasteiger partial charge < -0.3 is 20.6 Å². The van der Waals surface area contributed by atoms with E-state index in [0.29, 0.717) is 48.4 Å². The van der Waals surface area contributed by atoms with E-state index in [9.17, 15) is 19.5 Å². The molecule has 3 aliphatic rings. The Morgan fingerprint density at radius 1 is 1.15 bits per heavy atom. The summed E-state index contributed by atoms with van der Waals surface area (Å²) in [6.07, 6.45) is 2.20. The van der Waals surface area contributed by atoms with Crippen molar-refractivity contribution in [2.75, 3.05) is 5.32 Å². The van der Waals surface area contributed by atoms with Crippen LogP contribution in [-0.4, -0.2) is 52.0 Å². The van der Waals surface area contributed by atoms with Gasteiger partial charge in [0.25, 0.3) is 0 Å². The van der Waals surface area contributed by atoms with Crippen molar-refractivity contribution in [2.24, 2.45) is 5.41 Å². The number of hydrogen-bond donors (Lipinski definition) is 3. The lowest BCUT2D eigenvalue weighted by Gasteiger charge is -2.39. The molecule has 4 atom stereocenters. The van der Waals surface area contributed by atoms with Gasteiger partial charge in [0, 0.05) is 29.6 Å². The molecule has 41 heavy (non-hydrogen) atoms. The summed E-state index contributed by atoms with van der Waals surface area (Å²) in [6.45, 7) is 7.39. The average molecular weight is 605 g/mol. The van der Waals surface area contributed by atoms with Crippen molar-refractivity contribution in [1.29, 1.82) is 0 Å². The minimum Gasteiger partial charge on any atom is -0.393 e. The minimum absolute atomic E-state index is 0.0947. The van der Waals surface area contributed by atoms with Crippen LogP contribution in [0.1, 0.15) is 76.8 Å². The lowest BCUT2D eigenvalue weighted by atomic mass is 9.62. The zero-order valence-electron chi connectivity index (χ0n) is 23.6. The van der Waals surface area contributed by atoms with E-state index in [0.717, 1.165) is 0 Å². The Morgan fingerprint density at radius 2 is 1.83 bits per heavy atom. The third-order valence-corrected chi connectivity index (χ3v) is 9.34. The Kier molecular flexibility index (Phi) is 7.90. The molecule has 2 aromatic rings. The number of rotatable bonds is 4. The number of nitrogens with one attached hydrogen (secondary N) is 2. The number of fused-ring (bicyclic) bond motifs is 2. The summed E-state index contributed by atoms with van der Waals surface area (Å²) in [4.78, 5) is 43.8. The van der Waals surface area contributed by atoms with E-state index < -0.39 is 53.1 Å². The van der Waals surface area contributed by atoms with E-state index in [-0.39, 0.29) is 22.0 Å². The van der Waals surface area contributed by atoms with E-state index in [2.05, 4.69) is 10.6 Å². The quantitative estimate of drug-likeness (QED) is 0.426. The van der Waals surface area contributed by atoms with Gasteiger partial charge in [-0.2, -0.15) is 0 Å². The van der Waals surface area contributed by atoms with E-state index >= 15 is 4.39 Å². The fourth-order valence-electron chi connectivity index (χ4n) is 7.21. The molecule has 0 aromatic heterocycles. The Morgan fingerprint density at radius 3 is 2.46 bits per heavy atom. The second-order valence-corrected chi connectivity index (χ2v) is 13.6. The summed E-state index contributed by atoms with van der Waals surface area (Å²) in [5, 5.41) is 16.3. The van der Waals surface area contributed by atoms with Crippen LogP contribution in [0.2, 0.25) is 10.0 Å². The molecule has 2 heterocycles. The predicted octanol–water partition coefficient (Wildman–Crippen LogP) is 5.56. The summed E-state index contributed by atoms with van der Waals surface area (Å²) in [6, 6.07) is 7.40. The Balaban J connectivity index is 1.78. The molecular formula is C31H36Cl2FN3O4. The van der Waals surface area contributed by atoms with Crippen LogP contribution in [0.25, 0.3) is 0 Å². The van der Waals surface area contributed by atoms with Crippen molar-refractivity contribution in [3.05, 3.63) is 63.4 Å². The van der Waals surface area contributed by atoms with Gasteiger partial charge in [-0.3, -0.25) is 14.4 Å². The van der Waals surface area contributed by atoms with Crippen molar-refractivity contribution in [2.45, 2.75) is 95.4 Å². The molecule has 2 aromatic carbocycles. The monoisotopic (exact) mass is 603 g/mol. The number of aliphatic hydroxyl groups is 1. The lowest BCUT2D eigenvalue weighted by molar-refractivity contribution is -0.140. The molecule has 3 N–H and O–H groups in total. The number of anilines is 1. The summed E-state index contributed by atoms with van der Waals surface area (Å²) < 4.78 is 16.0. The van der Waals surface area contributed by atoms with Crippen LogP contribution in [0.4, 0.5) is 10.1 Å². The van der Waals surface area contributed by atoms with Crippen LogP contribution in [0.15, 0.2) is 36.4 Å². The fourth-order valence-corrected chi connectivity index (χ4v) is 7.57. The summed E-state index contributed by atoms with van der Waals surface area (Å²) in [5.41, 5.74) is -0.747. The topological polar surface area (TPSA) is 98.7 Å². The molecule has 0 radical (unpaired) electrons. The normalized spacial score (nSPS) is 29.4. The van der Waals surface area contributed by atoms with E-state index in [1.165, 1.54) is 17.9 Å². The molecular weight excluding hydrogens is 568 g/mol. The third-order valence-electron chi connectivity index (χ3n) is 8.82. The number of nitrogens with zero attached hydrogens (tertiary/aromatic N) is 1. The molecule has 3 amide bonds. The number of carbonyl (C=O) groups is 3. The fraction of sp³-hybridized carbons (Fsp3) is 0.516. The second-order valence-electron chi connectivity index (χ2n) is 12.8. The number of carbonyl (C=O) groups excluding carboxylic acids is 3. The van der Waals surface area contributed by atoms with Gasteiger partial charge in [0.1, 0.15) is 17.3 Å². The first-order valence-electron chi connectivity index (χ1n) is 14.1. The summed E-state index contributed by atoms with van der Waals surface area (Å²) >= 11 is 12.6. The van der Waals surface area contributed by atoms with Gasteiger partial charge in [-0.15, -0.1) is 0 Å². The van der Waals surface area contributed by atoms with E-state index in [1.54, 1.807) is 30.3 Å². The number of halogens is 3. The molecule has 2 aliphatic heterocycles. The van der Waals surface area contributed by atoms with Crippen LogP contribution >= 0.6 is 23.2 Å². The van der Waals surface area contributed by atoms with Gasteiger partial charge in [0.15, 0.2) is 0 Å². The Labute approximate surface area is 249 Å². The molecule has 220 valence electrons. The Bertz CT molecular complexity index is 1390. The lowest BCUT2D eigenvalue weighted by Crippen LogP contribution is -2.53. The number of amides is 3. The summed E-state index contributed by atoms with van der Waals surface area (Å²) in [5.74, 6) is -3.09. The molecule has 1 saturated carbocycles. The third kappa shape index (κ3) is 5.12. The summed E-state index contributed by atoms with van der Waals surface area (Å²) in [7, 11) is 0. The maximum absolute atomic E-state index is 16.0. The van der Waals surface area contributed by atoms with Crippen molar-refractivity contribution in [3.63, 3.8) is 0 Å². The predicted molar refractivity (Wildman–Crippen MR) is 156 cm³/mol.